The zero-order valence-electron chi connectivity index (χ0n) is 9.38. The predicted molar refractivity (Wildman–Crippen MR) is 58.8 cm³/mol. The molecular formula is C12H20O2. The Morgan fingerprint density at radius 1 is 1.36 bits per heavy atom. The highest BCUT2D eigenvalue weighted by Crippen LogP contribution is 2.00. The number of hydrogen-bond acceptors (Lipinski definition) is 2. The van der Waals surface area contributed by atoms with Crippen molar-refractivity contribution < 1.29 is 9.53 Å². The molecule has 2 heteroatoms. The molecule has 0 aromatic rings. The molecule has 80 valence electrons. The Balaban J connectivity index is 3.75. The molecule has 0 radical (unpaired) electrons. The number of carbonyl (C=O) groups is 1. The van der Waals surface area contributed by atoms with Gasteiger partial charge in [-0.3, -0.25) is 4.79 Å². The standard InChI is InChI=1S/C12H20O2/c1-4-6-7-8-9-10-11(3)14-12(13)5-2/h8-10H,4-7H2,1-3H3. The SMILES string of the molecule is CCCCC=CC=C(C)OC(=O)CC. The van der Waals surface area contributed by atoms with Crippen LogP contribution in [0.2, 0.25) is 0 Å². The maximum Gasteiger partial charge on any atom is 0.310 e. The number of rotatable bonds is 6. The van der Waals surface area contributed by atoms with Gasteiger partial charge in [0.2, 0.25) is 0 Å². The van der Waals surface area contributed by atoms with Gasteiger partial charge in [0.05, 0.1) is 0 Å². The van der Waals surface area contributed by atoms with Crippen molar-refractivity contribution in [2.45, 2.75) is 46.5 Å². The minimum absolute atomic E-state index is 0.180. The summed E-state index contributed by atoms with van der Waals surface area (Å²) in [5.74, 6) is 0.477. The van der Waals surface area contributed by atoms with Crippen molar-refractivity contribution in [1.82, 2.24) is 0 Å². The fourth-order valence-electron chi connectivity index (χ4n) is 0.907. The second kappa shape index (κ2) is 8.54. The van der Waals surface area contributed by atoms with Gasteiger partial charge in [0, 0.05) is 6.42 Å². The average molecular weight is 196 g/mol. The van der Waals surface area contributed by atoms with E-state index in [1.54, 1.807) is 13.8 Å². The van der Waals surface area contributed by atoms with Crippen LogP contribution >= 0.6 is 0 Å². The first kappa shape index (κ1) is 12.9. The Labute approximate surface area is 86.6 Å². The van der Waals surface area contributed by atoms with Crippen LogP contribution in [0.4, 0.5) is 0 Å². The van der Waals surface area contributed by atoms with Gasteiger partial charge in [0.15, 0.2) is 0 Å². The van der Waals surface area contributed by atoms with E-state index < -0.39 is 0 Å². The maximum atomic E-state index is 10.9. The second-order valence-corrected chi connectivity index (χ2v) is 3.18. The fourth-order valence-corrected chi connectivity index (χ4v) is 0.907. The van der Waals surface area contributed by atoms with Crippen LogP contribution in [0.3, 0.4) is 0 Å². The van der Waals surface area contributed by atoms with Gasteiger partial charge in [0.1, 0.15) is 5.76 Å². The summed E-state index contributed by atoms with van der Waals surface area (Å²) in [5.41, 5.74) is 0. The molecule has 0 amide bonds. The van der Waals surface area contributed by atoms with Crippen LogP contribution < -0.4 is 0 Å². The predicted octanol–water partition coefficient (Wildman–Crippen LogP) is 3.59. The summed E-state index contributed by atoms with van der Waals surface area (Å²) in [6.45, 7) is 5.74. The van der Waals surface area contributed by atoms with Crippen molar-refractivity contribution in [3.8, 4) is 0 Å². The molecule has 0 aliphatic rings. The summed E-state index contributed by atoms with van der Waals surface area (Å²) in [6, 6.07) is 0. The summed E-state index contributed by atoms with van der Waals surface area (Å²) < 4.78 is 4.98. The van der Waals surface area contributed by atoms with Crippen molar-refractivity contribution in [3.05, 3.63) is 24.0 Å². The number of esters is 1. The highest BCUT2D eigenvalue weighted by Gasteiger charge is 1.97. The molecule has 2 nitrogen and oxygen atoms in total. The molecule has 0 rings (SSSR count). The van der Waals surface area contributed by atoms with Crippen LogP contribution in [0, 0.1) is 0 Å². The van der Waals surface area contributed by atoms with E-state index in [0.29, 0.717) is 12.2 Å². The van der Waals surface area contributed by atoms with Gasteiger partial charge in [-0.2, -0.15) is 0 Å². The van der Waals surface area contributed by atoms with Gasteiger partial charge >= 0.3 is 5.97 Å². The number of hydrogen-bond donors (Lipinski definition) is 0. The van der Waals surface area contributed by atoms with Crippen molar-refractivity contribution in [1.29, 1.82) is 0 Å². The first-order valence-corrected chi connectivity index (χ1v) is 5.24. The van der Waals surface area contributed by atoms with Crippen molar-refractivity contribution in [2.24, 2.45) is 0 Å². The molecule has 0 saturated heterocycles. The zero-order valence-corrected chi connectivity index (χ0v) is 9.38. The second-order valence-electron chi connectivity index (χ2n) is 3.18. The number of ether oxygens (including phenoxy) is 1. The normalized spacial score (nSPS) is 12.1. The average Bonchev–Trinajstić information content (AvgIpc) is 2.17. The molecule has 14 heavy (non-hydrogen) atoms. The van der Waals surface area contributed by atoms with E-state index in [4.69, 9.17) is 4.74 Å². The third-order valence-corrected chi connectivity index (χ3v) is 1.75. The molecule has 0 N–H and O–H groups in total. The molecule has 0 aliphatic heterocycles. The van der Waals surface area contributed by atoms with E-state index in [-0.39, 0.29) is 5.97 Å². The van der Waals surface area contributed by atoms with Crippen LogP contribution in [-0.2, 0) is 9.53 Å². The molecule has 0 fully saturated rings. The summed E-state index contributed by atoms with van der Waals surface area (Å²) in [4.78, 5) is 10.9. The van der Waals surface area contributed by atoms with Crippen molar-refractivity contribution in [2.75, 3.05) is 0 Å². The van der Waals surface area contributed by atoms with E-state index >= 15 is 0 Å². The fraction of sp³-hybridized carbons (Fsp3) is 0.583. The van der Waals surface area contributed by atoms with Gasteiger partial charge in [-0.05, 0) is 19.4 Å². The molecule has 0 aromatic carbocycles. The first-order valence-electron chi connectivity index (χ1n) is 5.24. The molecule has 0 aliphatic carbocycles. The Hall–Kier alpha value is -1.05. The molecular weight excluding hydrogens is 176 g/mol. The highest BCUT2D eigenvalue weighted by atomic mass is 16.5. The third-order valence-electron chi connectivity index (χ3n) is 1.75. The third kappa shape index (κ3) is 7.59. The Bertz CT molecular complexity index is 214. The largest absolute Gasteiger partial charge is 0.431 e. The lowest BCUT2D eigenvalue weighted by Crippen LogP contribution is -1.99. The first-order chi connectivity index (χ1) is 6.70. The van der Waals surface area contributed by atoms with Gasteiger partial charge in [-0.15, -0.1) is 0 Å². The van der Waals surface area contributed by atoms with Crippen LogP contribution in [0.1, 0.15) is 46.5 Å². The van der Waals surface area contributed by atoms with Gasteiger partial charge < -0.3 is 4.74 Å². The maximum absolute atomic E-state index is 10.9. The monoisotopic (exact) mass is 196 g/mol. The van der Waals surface area contributed by atoms with E-state index in [9.17, 15) is 4.79 Å². The summed E-state index contributed by atoms with van der Waals surface area (Å²) in [5, 5.41) is 0. The highest BCUT2D eigenvalue weighted by molar-refractivity contribution is 5.70. The summed E-state index contributed by atoms with van der Waals surface area (Å²) in [6.07, 6.45) is 9.77. The van der Waals surface area contributed by atoms with E-state index in [2.05, 4.69) is 13.0 Å². The molecule has 0 atom stereocenters. The molecule has 0 spiro atoms. The quantitative estimate of drug-likeness (QED) is 0.281. The summed E-state index contributed by atoms with van der Waals surface area (Å²) >= 11 is 0. The topological polar surface area (TPSA) is 26.3 Å². The van der Waals surface area contributed by atoms with E-state index in [1.165, 1.54) is 12.8 Å². The Morgan fingerprint density at radius 2 is 2.07 bits per heavy atom. The minimum Gasteiger partial charge on any atom is -0.431 e. The lowest BCUT2D eigenvalue weighted by Gasteiger charge is -1.99. The van der Waals surface area contributed by atoms with Gasteiger partial charge in [-0.25, -0.2) is 0 Å². The van der Waals surface area contributed by atoms with Crippen LogP contribution in [0.15, 0.2) is 24.0 Å². The van der Waals surface area contributed by atoms with Crippen LogP contribution in [-0.4, -0.2) is 5.97 Å². The number of carbonyl (C=O) groups excluding carboxylic acids is 1. The smallest absolute Gasteiger partial charge is 0.310 e. The number of unbranched alkanes of at least 4 members (excludes halogenated alkanes) is 2. The Kier molecular flexibility index (Phi) is 7.90. The van der Waals surface area contributed by atoms with Gasteiger partial charge in [-0.1, -0.05) is 38.8 Å². The van der Waals surface area contributed by atoms with E-state index in [0.717, 1.165) is 6.42 Å². The van der Waals surface area contributed by atoms with Crippen molar-refractivity contribution >= 4 is 5.97 Å². The van der Waals surface area contributed by atoms with Crippen molar-refractivity contribution in [3.63, 3.8) is 0 Å². The lowest BCUT2D eigenvalue weighted by atomic mass is 10.2. The zero-order chi connectivity index (χ0) is 10.8. The van der Waals surface area contributed by atoms with Gasteiger partial charge in [0.25, 0.3) is 0 Å². The lowest BCUT2D eigenvalue weighted by molar-refractivity contribution is -0.138. The molecule has 0 saturated carbocycles. The minimum atomic E-state index is -0.180. The van der Waals surface area contributed by atoms with Crippen LogP contribution in [0.5, 0.6) is 0 Å². The molecule has 0 unspecified atom stereocenters. The Morgan fingerprint density at radius 3 is 2.64 bits per heavy atom. The number of allylic oxidation sites excluding steroid dienone is 4. The van der Waals surface area contributed by atoms with Crippen LogP contribution in [0.25, 0.3) is 0 Å². The summed E-state index contributed by atoms with van der Waals surface area (Å²) in [7, 11) is 0. The molecule has 0 aromatic heterocycles. The molecule has 0 bridgehead atoms. The van der Waals surface area contributed by atoms with E-state index in [1.807, 2.05) is 12.2 Å². The molecule has 0 heterocycles.